The van der Waals surface area contributed by atoms with Gasteiger partial charge in [-0.3, -0.25) is 9.13 Å². The molecule has 0 bridgehead atoms. The second-order valence-corrected chi connectivity index (χ2v) is 3.57. The van der Waals surface area contributed by atoms with Gasteiger partial charge in [0.15, 0.2) is 0 Å². The van der Waals surface area contributed by atoms with Crippen LogP contribution in [0.1, 0.15) is 5.56 Å². The highest BCUT2D eigenvalue weighted by molar-refractivity contribution is 5.86. The summed E-state index contributed by atoms with van der Waals surface area (Å²) in [6.45, 7) is 0.688. The lowest BCUT2D eigenvalue weighted by Crippen LogP contribution is -2.22. The Kier molecular flexibility index (Phi) is 1.29. The first-order valence-electron chi connectivity index (χ1n) is 4.64. The number of hydrogen-bond acceptors (Lipinski definition) is 1. The summed E-state index contributed by atoms with van der Waals surface area (Å²) in [5.74, 6) is 0. The molecule has 0 radical (unpaired) electrons. The first kappa shape index (κ1) is 7.62. The molecule has 1 aliphatic rings. The Hall–Kier alpha value is -1.77. The summed E-state index contributed by atoms with van der Waals surface area (Å²) >= 11 is 0. The van der Waals surface area contributed by atoms with Crippen LogP contribution in [0.15, 0.2) is 29.1 Å². The van der Waals surface area contributed by atoms with E-state index in [2.05, 4.69) is 6.08 Å². The van der Waals surface area contributed by atoms with Crippen LogP contribution < -0.4 is 5.69 Å². The standard InChI is InChI=1S/C11H10N2O/c1-12-9-6-2-4-8-5-3-7-13(10(8)9)11(12)14/h2-6H,7H2,1H3. The Balaban J connectivity index is 2.66. The topological polar surface area (TPSA) is 26.9 Å². The average molecular weight is 186 g/mol. The summed E-state index contributed by atoms with van der Waals surface area (Å²) in [5.41, 5.74) is 3.27. The smallest absolute Gasteiger partial charge is 0.295 e. The van der Waals surface area contributed by atoms with Gasteiger partial charge in [0.25, 0.3) is 0 Å². The summed E-state index contributed by atoms with van der Waals surface area (Å²) in [6.07, 6.45) is 4.09. The van der Waals surface area contributed by atoms with E-state index in [0.717, 1.165) is 16.6 Å². The van der Waals surface area contributed by atoms with E-state index in [1.165, 1.54) is 0 Å². The van der Waals surface area contributed by atoms with Crippen molar-refractivity contribution in [3.05, 3.63) is 40.3 Å². The summed E-state index contributed by atoms with van der Waals surface area (Å²) in [4.78, 5) is 11.8. The van der Waals surface area contributed by atoms with Crippen LogP contribution in [-0.4, -0.2) is 9.13 Å². The third kappa shape index (κ3) is 0.744. The lowest BCUT2D eigenvalue weighted by Gasteiger charge is -2.07. The molecule has 3 nitrogen and oxygen atoms in total. The zero-order chi connectivity index (χ0) is 9.71. The molecular weight excluding hydrogens is 176 g/mol. The molecule has 0 amide bonds. The van der Waals surface area contributed by atoms with Crippen molar-refractivity contribution < 1.29 is 0 Å². The number of nitrogens with zero attached hydrogens (tertiary/aromatic N) is 2. The molecule has 1 aromatic carbocycles. The quantitative estimate of drug-likeness (QED) is 0.610. The summed E-state index contributed by atoms with van der Waals surface area (Å²) < 4.78 is 3.51. The highest BCUT2D eigenvalue weighted by Gasteiger charge is 2.13. The third-order valence-corrected chi connectivity index (χ3v) is 2.78. The number of hydrogen-bond donors (Lipinski definition) is 0. The summed E-state index contributed by atoms with van der Waals surface area (Å²) in [5, 5.41) is 0. The minimum atomic E-state index is 0.0665. The number of para-hydroxylation sites is 1. The molecule has 70 valence electrons. The first-order chi connectivity index (χ1) is 6.79. The van der Waals surface area contributed by atoms with Crippen LogP contribution in [0.5, 0.6) is 0 Å². The molecule has 2 aromatic rings. The summed E-state index contributed by atoms with van der Waals surface area (Å²) in [7, 11) is 1.82. The minimum Gasteiger partial charge on any atom is -0.295 e. The number of imidazole rings is 1. The molecule has 2 heterocycles. The van der Waals surface area contributed by atoms with Crippen molar-refractivity contribution in [1.82, 2.24) is 9.13 Å². The highest BCUT2D eigenvalue weighted by atomic mass is 16.1. The Morgan fingerprint density at radius 2 is 2.21 bits per heavy atom. The van der Waals surface area contributed by atoms with E-state index in [1.807, 2.05) is 35.9 Å². The molecule has 3 heteroatoms. The van der Waals surface area contributed by atoms with Gasteiger partial charge in [-0.1, -0.05) is 24.3 Å². The van der Waals surface area contributed by atoms with E-state index >= 15 is 0 Å². The number of allylic oxidation sites excluding steroid dienone is 1. The molecule has 1 aromatic heterocycles. The number of aromatic nitrogens is 2. The van der Waals surface area contributed by atoms with Crippen molar-refractivity contribution in [2.45, 2.75) is 6.54 Å². The van der Waals surface area contributed by atoms with Crippen LogP contribution >= 0.6 is 0 Å². The van der Waals surface area contributed by atoms with Gasteiger partial charge in [0.1, 0.15) is 0 Å². The Morgan fingerprint density at radius 3 is 3.07 bits per heavy atom. The van der Waals surface area contributed by atoms with Gasteiger partial charge in [-0.2, -0.15) is 0 Å². The molecular formula is C11H10N2O. The predicted octanol–water partition coefficient (Wildman–Crippen LogP) is 1.37. The normalized spacial score (nSPS) is 13.8. The lowest BCUT2D eigenvalue weighted by molar-refractivity contribution is 0.747. The van der Waals surface area contributed by atoms with E-state index in [0.29, 0.717) is 6.54 Å². The van der Waals surface area contributed by atoms with E-state index in [9.17, 15) is 4.79 Å². The van der Waals surface area contributed by atoms with Crippen LogP contribution in [0.25, 0.3) is 17.1 Å². The van der Waals surface area contributed by atoms with Crippen molar-refractivity contribution in [3.63, 3.8) is 0 Å². The molecule has 0 spiro atoms. The minimum absolute atomic E-state index is 0.0665. The van der Waals surface area contributed by atoms with Crippen molar-refractivity contribution >= 4 is 17.1 Å². The van der Waals surface area contributed by atoms with Crippen molar-refractivity contribution in [3.8, 4) is 0 Å². The van der Waals surface area contributed by atoms with Crippen molar-refractivity contribution in [1.29, 1.82) is 0 Å². The van der Waals surface area contributed by atoms with Gasteiger partial charge in [0.2, 0.25) is 0 Å². The highest BCUT2D eigenvalue weighted by Crippen LogP contribution is 2.21. The molecule has 0 saturated heterocycles. The van der Waals surface area contributed by atoms with Crippen LogP contribution in [-0.2, 0) is 13.6 Å². The van der Waals surface area contributed by atoms with E-state index in [-0.39, 0.29) is 5.69 Å². The van der Waals surface area contributed by atoms with Gasteiger partial charge >= 0.3 is 5.69 Å². The summed E-state index contributed by atoms with van der Waals surface area (Å²) in [6, 6.07) is 6.00. The third-order valence-electron chi connectivity index (χ3n) is 2.78. The SMILES string of the molecule is Cn1c(=O)n2c3c(cccc31)C=CC2. The second kappa shape index (κ2) is 2.38. The maximum Gasteiger partial charge on any atom is 0.329 e. The fraction of sp³-hybridized carbons (Fsp3) is 0.182. The molecule has 0 saturated carbocycles. The van der Waals surface area contributed by atoms with Crippen LogP contribution in [0.3, 0.4) is 0 Å². The molecule has 0 fully saturated rings. The molecule has 0 N–H and O–H groups in total. The predicted molar refractivity (Wildman–Crippen MR) is 56.2 cm³/mol. The number of rotatable bonds is 0. The largest absolute Gasteiger partial charge is 0.329 e. The van der Waals surface area contributed by atoms with Crippen LogP contribution in [0, 0.1) is 0 Å². The fourth-order valence-electron chi connectivity index (χ4n) is 2.08. The van der Waals surface area contributed by atoms with Crippen LogP contribution in [0.2, 0.25) is 0 Å². The van der Waals surface area contributed by atoms with Crippen molar-refractivity contribution in [2.24, 2.45) is 7.05 Å². The molecule has 1 aliphatic heterocycles. The average Bonchev–Trinajstić information content (AvgIpc) is 2.47. The molecule has 0 unspecified atom stereocenters. The zero-order valence-corrected chi connectivity index (χ0v) is 7.90. The molecule has 14 heavy (non-hydrogen) atoms. The number of aryl methyl sites for hydroxylation is 1. The number of benzene rings is 1. The van der Waals surface area contributed by atoms with Crippen LogP contribution in [0.4, 0.5) is 0 Å². The van der Waals surface area contributed by atoms with Gasteiger partial charge in [-0.05, 0) is 6.07 Å². The van der Waals surface area contributed by atoms with Crippen molar-refractivity contribution in [2.75, 3.05) is 0 Å². The first-order valence-corrected chi connectivity index (χ1v) is 4.64. The maximum atomic E-state index is 11.8. The Morgan fingerprint density at radius 1 is 1.36 bits per heavy atom. The van der Waals surface area contributed by atoms with E-state index < -0.39 is 0 Å². The van der Waals surface area contributed by atoms with E-state index in [1.54, 1.807) is 4.57 Å². The molecule has 0 atom stereocenters. The van der Waals surface area contributed by atoms with Gasteiger partial charge in [-0.25, -0.2) is 4.79 Å². The van der Waals surface area contributed by atoms with Gasteiger partial charge in [0.05, 0.1) is 11.0 Å². The van der Waals surface area contributed by atoms with Gasteiger partial charge < -0.3 is 0 Å². The molecule has 0 aliphatic carbocycles. The van der Waals surface area contributed by atoms with E-state index in [4.69, 9.17) is 0 Å². The lowest BCUT2D eigenvalue weighted by atomic mass is 10.1. The fourth-order valence-corrected chi connectivity index (χ4v) is 2.08. The van der Waals surface area contributed by atoms with Gasteiger partial charge in [-0.15, -0.1) is 0 Å². The Bertz CT molecular complexity index is 602. The second-order valence-electron chi connectivity index (χ2n) is 3.57. The molecule has 3 rings (SSSR count). The maximum absolute atomic E-state index is 11.8. The Labute approximate surface area is 80.9 Å². The monoisotopic (exact) mass is 186 g/mol. The zero-order valence-electron chi connectivity index (χ0n) is 7.90. The van der Waals surface area contributed by atoms with Gasteiger partial charge in [0, 0.05) is 19.2 Å².